The van der Waals surface area contributed by atoms with E-state index in [-0.39, 0.29) is 0 Å². The Morgan fingerprint density at radius 1 is 0.320 bits per heavy atom. The van der Waals surface area contributed by atoms with Crippen molar-refractivity contribution in [3.05, 3.63) is 188 Å². The topological polar surface area (TPSA) is 3.24 Å². The zero-order chi connectivity index (χ0) is 33.0. The predicted octanol–water partition coefficient (Wildman–Crippen LogP) is 14.3. The highest BCUT2D eigenvalue weighted by Gasteiger charge is 2.16. The maximum absolute atomic E-state index is 2.39. The van der Waals surface area contributed by atoms with Crippen molar-refractivity contribution in [3.63, 3.8) is 0 Å². The van der Waals surface area contributed by atoms with E-state index in [9.17, 15) is 0 Å². The normalized spacial score (nSPS) is 11.6. The van der Waals surface area contributed by atoms with Gasteiger partial charge in [-0.1, -0.05) is 133 Å². The minimum Gasteiger partial charge on any atom is -0.310 e. The van der Waals surface area contributed by atoms with Crippen molar-refractivity contribution in [2.45, 2.75) is 0 Å². The molecule has 234 valence electrons. The van der Waals surface area contributed by atoms with Crippen LogP contribution in [-0.2, 0) is 0 Å². The summed E-state index contributed by atoms with van der Waals surface area (Å²) >= 11 is 1.87. The predicted molar refractivity (Wildman–Crippen MR) is 217 cm³/mol. The number of anilines is 3. The summed E-state index contributed by atoms with van der Waals surface area (Å²) in [4.78, 5) is 2.39. The second kappa shape index (κ2) is 11.7. The zero-order valence-electron chi connectivity index (χ0n) is 27.3. The van der Waals surface area contributed by atoms with Gasteiger partial charge in [0.25, 0.3) is 0 Å². The van der Waals surface area contributed by atoms with Crippen molar-refractivity contribution in [1.82, 2.24) is 0 Å². The molecule has 0 saturated carbocycles. The quantitative estimate of drug-likeness (QED) is 0.167. The van der Waals surface area contributed by atoms with Crippen LogP contribution in [0, 0.1) is 0 Å². The van der Waals surface area contributed by atoms with Gasteiger partial charge in [-0.3, -0.25) is 0 Å². The minimum absolute atomic E-state index is 1.12. The van der Waals surface area contributed by atoms with Crippen LogP contribution >= 0.6 is 11.3 Å². The molecule has 0 radical (unpaired) electrons. The fraction of sp³-hybridized carbons (Fsp3) is 0. The van der Waals surface area contributed by atoms with Crippen molar-refractivity contribution in [2.75, 3.05) is 4.90 Å². The van der Waals surface area contributed by atoms with Gasteiger partial charge in [0.2, 0.25) is 0 Å². The van der Waals surface area contributed by atoms with Gasteiger partial charge >= 0.3 is 0 Å². The molecule has 0 atom stereocenters. The number of thiophene rings is 1. The highest BCUT2D eigenvalue weighted by atomic mass is 32.1. The first-order valence-corrected chi connectivity index (χ1v) is 17.9. The van der Waals surface area contributed by atoms with Crippen LogP contribution in [0.3, 0.4) is 0 Å². The van der Waals surface area contributed by atoms with Crippen LogP contribution < -0.4 is 4.90 Å². The molecule has 0 spiro atoms. The number of nitrogens with zero attached hydrogens (tertiary/aromatic N) is 1. The van der Waals surface area contributed by atoms with Gasteiger partial charge in [-0.25, -0.2) is 0 Å². The molecule has 0 N–H and O–H groups in total. The Morgan fingerprint density at radius 2 is 0.940 bits per heavy atom. The monoisotopic (exact) mass is 653 g/mol. The van der Waals surface area contributed by atoms with Crippen molar-refractivity contribution in [2.24, 2.45) is 0 Å². The van der Waals surface area contributed by atoms with E-state index in [1.54, 1.807) is 0 Å². The first-order valence-electron chi connectivity index (χ1n) is 17.1. The summed E-state index contributed by atoms with van der Waals surface area (Å²) in [6.45, 7) is 0. The van der Waals surface area contributed by atoms with Crippen LogP contribution in [0.1, 0.15) is 0 Å². The molecule has 10 aromatic rings. The summed E-state index contributed by atoms with van der Waals surface area (Å²) in [7, 11) is 0. The van der Waals surface area contributed by atoms with E-state index in [0.29, 0.717) is 0 Å². The van der Waals surface area contributed by atoms with E-state index in [1.165, 1.54) is 74.7 Å². The number of rotatable bonds is 5. The van der Waals surface area contributed by atoms with E-state index in [1.807, 2.05) is 11.3 Å². The van der Waals surface area contributed by atoms with Crippen molar-refractivity contribution >= 4 is 80.9 Å². The lowest BCUT2D eigenvalue weighted by atomic mass is 9.98. The molecule has 1 aromatic heterocycles. The van der Waals surface area contributed by atoms with Gasteiger partial charge < -0.3 is 4.90 Å². The Hall–Kier alpha value is -6.22. The van der Waals surface area contributed by atoms with Gasteiger partial charge in [-0.15, -0.1) is 11.3 Å². The maximum atomic E-state index is 2.39. The molecule has 0 saturated heterocycles. The highest BCUT2D eigenvalue weighted by Crippen LogP contribution is 2.42. The molecule has 10 rings (SSSR count). The smallest absolute Gasteiger partial charge is 0.0468 e. The van der Waals surface area contributed by atoms with E-state index < -0.39 is 0 Å². The lowest BCUT2D eigenvalue weighted by Crippen LogP contribution is -2.10. The number of hydrogen-bond donors (Lipinski definition) is 0. The third-order valence-corrected chi connectivity index (χ3v) is 11.1. The van der Waals surface area contributed by atoms with Crippen molar-refractivity contribution < 1.29 is 0 Å². The third-order valence-electron chi connectivity index (χ3n) is 10.0. The van der Waals surface area contributed by atoms with E-state index in [2.05, 4.69) is 193 Å². The Balaban J connectivity index is 1.12. The average Bonchev–Trinajstić information content (AvgIpc) is 3.57. The maximum Gasteiger partial charge on any atom is 0.0468 e. The lowest BCUT2D eigenvalue weighted by molar-refractivity contribution is 1.29. The van der Waals surface area contributed by atoms with Crippen LogP contribution in [0.25, 0.3) is 74.7 Å². The average molecular weight is 654 g/mol. The van der Waals surface area contributed by atoms with Gasteiger partial charge in [-0.2, -0.15) is 0 Å². The Bertz CT molecular complexity index is 2880. The van der Waals surface area contributed by atoms with Crippen LogP contribution in [0.5, 0.6) is 0 Å². The van der Waals surface area contributed by atoms with Crippen molar-refractivity contribution in [1.29, 1.82) is 0 Å². The van der Waals surface area contributed by atoms with E-state index in [0.717, 1.165) is 17.1 Å². The van der Waals surface area contributed by atoms with Crippen LogP contribution in [-0.4, -0.2) is 0 Å². The standard InChI is InChI=1S/C48H31NS/c1-2-11-35-29-37(21-19-32(35)9-1)36-12-7-13-40(30-36)49(41-27-28-43-38(31-41)22-20-33-10-3-4-14-42(33)43)39-25-23-34(24-26-39)44-16-8-18-47-48(44)45-15-5-6-17-46(45)50-47/h1-31H. The summed E-state index contributed by atoms with van der Waals surface area (Å²) in [6.07, 6.45) is 0. The largest absolute Gasteiger partial charge is 0.310 e. The first kappa shape index (κ1) is 28.8. The Labute approximate surface area is 294 Å². The van der Waals surface area contributed by atoms with Gasteiger partial charge in [0.05, 0.1) is 0 Å². The lowest BCUT2D eigenvalue weighted by Gasteiger charge is -2.27. The van der Waals surface area contributed by atoms with Crippen LogP contribution in [0.15, 0.2) is 188 Å². The second-order valence-corrected chi connectivity index (χ2v) is 14.0. The molecule has 0 aliphatic carbocycles. The molecule has 2 heteroatoms. The Morgan fingerprint density at radius 3 is 1.84 bits per heavy atom. The summed E-state index contributed by atoms with van der Waals surface area (Å²) in [5.41, 5.74) is 8.26. The van der Waals surface area contributed by atoms with E-state index >= 15 is 0 Å². The van der Waals surface area contributed by atoms with Crippen LogP contribution in [0.4, 0.5) is 17.1 Å². The van der Waals surface area contributed by atoms with Gasteiger partial charge in [0, 0.05) is 37.2 Å². The molecule has 50 heavy (non-hydrogen) atoms. The molecule has 0 aliphatic rings. The molecule has 0 bridgehead atoms. The molecular weight excluding hydrogens is 623 g/mol. The first-order chi connectivity index (χ1) is 24.8. The van der Waals surface area contributed by atoms with Gasteiger partial charge in [0.1, 0.15) is 0 Å². The summed E-state index contributed by atoms with van der Waals surface area (Å²) in [5, 5.41) is 10.2. The molecule has 1 nitrogen and oxygen atoms in total. The zero-order valence-corrected chi connectivity index (χ0v) is 28.1. The molecule has 0 aliphatic heterocycles. The second-order valence-electron chi connectivity index (χ2n) is 13.0. The van der Waals surface area contributed by atoms with E-state index in [4.69, 9.17) is 0 Å². The fourth-order valence-corrected chi connectivity index (χ4v) is 8.72. The number of hydrogen-bond acceptors (Lipinski definition) is 2. The highest BCUT2D eigenvalue weighted by molar-refractivity contribution is 7.25. The summed E-state index contributed by atoms with van der Waals surface area (Å²) in [5.74, 6) is 0. The SMILES string of the molecule is c1cc(-c2ccc3ccccc3c2)cc(N(c2ccc(-c3cccc4sc5ccccc5c34)cc2)c2ccc3c(ccc4ccccc43)c2)c1. The molecular formula is C48H31NS. The van der Waals surface area contributed by atoms with Gasteiger partial charge in [-0.05, 0) is 109 Å². The molecule has 0 amide bonds. The molecule has 9 aromatic carbocycles. The summed E-state index contributed by atoms with van der Waals surface area (Å²) < 4.78 is 2.65. The van der Waals surface area contributed by atoms with Crippen molar-refractivity contribution in [3.8, 4) is 22.3 Å². The number of benzene rings is 9. The molecule has 1 heterocycles. The third kappa shape index (κ3) is 4.84. The summed E-state index contributed by atoms with van der Waals surface area (Å²) in [6, 6.07) is 68.8. The molecule has 0 fully saturated rings. The van der Waals surface area contributed by atoms with Gasteiger partial charge in [0.15, 0.2) is 0 Å². The minimum atomic E-state index is 1.12. The fourth-order valence-electron chi connectivity index (χ4n) is 7.59. The Kier molecular flexibility index (Phi) is 6.75. The number of fused-ring (bicyclic) bond motifs is 7. The molecule has 0 unspecified atom stereocenters. The van der Waals surface area contributed by atoms with Crippen LogP contribution in [0.2, 0.25) is 0 Å².